The number of rotatable bonds is 6. The molecule has 3 rings (SSSR count). The molecule has 0 amide bonds. The molecule has 15 heteroatoms. The van der Waals surface area contributed by atoms with Crippen molar-refractivity contribution in [2.24, 2.45) is 0 Å². The number of aliphatic hydroxyl groups excluding tert-OH is 10. The Morgan fingerprint density at radius 3 is 1.73 bits per heavy atom. The van der Waals surface area contributed by atoms with Crippen molar-refractivity contribution in [1.82, 2.24) is 0 Å². The maximum Gasteiger partial charge on any atom is 0.187 e. The summed E-state index contributed by atoms with van der Waals surface area (Å²) in [6, 6.07) is 0. The largest absolute Gasteiger partial charge is 0.394 e. The average Bonchev–Trinajstić information content (AvgIpc) is 2.80. The minimum absolute atomic E-state index is 0.760. The van der Waals surface area contributed by atoms with E-state index in [1.807, 2.05) is 0 Å². The Bertz CT molecular complexity index is 624. The molecule has 0 aromatic heterocycles. The van der Waals surface area contributed by atoms with Gasteiger partial charge in [0, 0.05) is 0 Å². The second kappa shape index (κ2) is 11.0. The zero-order chi connectivity index (χ0) is 24.6. The Kier molecular flexibility index (Phi) is 8.99. The van der Waals surface area contributed by atoms with E-state index in [0.717, 1.165) is 0 Å². The van der Waals surface area contributed by atoms with E-state index < -0.39 is 105 Å². The van der Waals surface area contributed by atoms with E-state index in [4.69, 9.17) is 23.7 Å². The van der Waals surface area contributed by atoms with Crippen molar-refractivity contribution in [3.8, 4) is 0 Å². The molecule has 3 heterocycles. The predicted molar refractivity (Wildman–Crippen MR) is 99.8 cm³/mol. The molecule has 0 aliphatic carbocycles. The SMILES string of the molecule is C[C@@H]1O[C@H](O[C@H]2[C@H](O[C@H]3[C@H](O)[C@@H](O)[C@@H](O)O[C@@H]3CO)O[C@H](CO)[C@H](O)[C@@H]2O)[C@@H](O)[C@H](O)[C@@H]1O. The van der Waals surface area contributed by atoms with Gasteiger partial charge in [-0.25, -0.2) is 0 Å². The van der Waals surface area contributed by atoms with Gasteiger partial charge < -0.3 is 74.7 Å². The third kappa shape index (κ3) is 5.32. The molecule has 0 spiro atoms. The second-order valence-corrected chi connectivity index (χ2v) is 8.32. The standard InChI is InChI=1S/C18H32O15/c1-4-7(21)9(23)13(27)17(29-4)33-15-10(24)8(22)5(2-19)31-18(15)32-14-6(3-20)30-16(28)12(26)11(14)25/h4-28H,2-3H2,1H3/t4-,5+,6+,7+,8-,9+,10-,11+,12+,13-,14+,15+,16-,17+,18-/m0/s1. The highest BCUT2D eigenvalue weighted by molar-refractivity contribution is 4.95. The summed E-state index contributed by atoms with van der Waals surface area (Å²) in [5, 5.41) is 99.8. The van der Waals surface area contributed by atoms with Crippen molar-refractivity contribution < 1.29 is 74.7 Å². The Morgan fingerprint density at radius 1 is 0.545 bits per heavy atom. The molecule has 15 nitrogen and oxygen atoms in total. The Hall–Kier alpha value is -0.600. The van der Waals surface area contributed by atoms with Crippen LogP contribution in [-0.2, 0) is 23.7 Å². The topological polar surface area (TPSA) is 248 Å². The summed E-state index contributed by atoms with van der Waals surface area (Å²) in [6.07, 6.45) is -24.1. The summed E-state index contributed by atoms with van der Waals surface area (Å²) in [5.74, 6) is 0. The summed E-state index contributed by atoms with van der Waals surface area (Å²) in [6.45, 7) is -0.128. The Labute approximate surface area is 187 Å². The first-order valence-corrected chi connectivity index (χ1v) is 10.4. The fourth-order valence-corrected chi connectivity index (χ4v) is 3.98. The molecule has 0 saturated carbocycles. The number of hydrogen-bond donors (Lipinski definition) is 10. The molecular weight excluding hydrogens is 456 g/mol. The van der Waals surface area contributed by atoms with Crippen LogP contribution in [0.3, 0.4) is 0 Å². The lowest BCUT2D eigenvalue weighted by molar-refractivity contribution is -0.385. The van der Waals surface area contributed by atoms with E-state index >= 15 is 0 Å². The van der Waals surface area contributed by atoms with Crippen LogP contribution in [0.25, 0.3) is 0 Å². The lowest BCUT2D eigenvalue weighted by Crippen LogP contribution is -2.66. The monoisotopic (exact) mass is 488 g/mol. The van der Waals surface area contributed by atoms with Crippen LogP contribution in [0.15, 0.2) is 0 Å². The number of hydrogen-bond acceptors (Lipinski definition) is 15. The van der Waals surface area contributed by atoms with E-state index in [0.29, 0.717) is 0 Å². The first kappa shape index (κ1) is 27.0. The van der Waals surface area contributed by atoms with Crippen LogP contribution in [0.2, 0.25) is 0 Å². The van der Waals surface area contributed by atoms with E-state index in [2.05, 4.69) is 0 Å². The van der Waals surface area contributed by atoms with Crippen LogP contribution in [0.4, 0.5) is 0 Å². The van der Waals surface area contributed by atoms with E-state index in [1.54, 1.807) is 0 Å². The van der Waals surface area contributed by atoms with Crippen LogP contribution in [0.5, 0.6) is 0 Å². The molecule has 3 aliphatic heterocycles. The van der Waals surface area contributed by atoms with Crippen molar-refractivity contribution in [2.75, 3.05) is 13.2 Å². The maximum absolute atomic E-state index is 10.6. The first-order valence-electron chi connectivity index (χ1n) is 10.4. The zero-order valence-corrected chi connectivity index (χ0v) is 17.6. The molecule has 0 unspecified atom stereocenters. The molecule has 194 valence electrons. The highest BCUT2D eigenvalue weighted by atomic mass is 16.8. The van der Waals surface area contributed by atoms with Gasteiger partial charge in [-0.05, 0) is 6.92 Å². The molecule has 0 bridgehead atoms. The summed E-state index contributed by atoms with van der Waals surface area (Å²) in [4.78, 5) is 0. The van der Waals surface area contributed by atoms with Gasteiger partial charge in [0.1, 0.15) is 67.1 Å². The molecule has 33 heavy (non-hydrogen) atoms. The number of ether oxygens (including phenoxy) is 5. The van der Waals surface area contributed by atoms with Crippen molar-refractivity contribution in [1.29, 1.82) is 0 Å². The van der Waals surface area contributed by atoms with Crippen LogP contribution in [0, 0.1) is 0 Å². The Balaban J connectivity index is 1.83. The van der Waals surface area contributed by atoms with Gasteiger partial charge in [-0.1, -0.05) is 0 Å². The van der Waals surface area contributed by atoms with E-state index in [1.165, 1.54) is 6.92 Å². The predicted octanol–water partition coefficient (Wildman–Crippen LogP) is -6.55. The van der Waals surface area contributed by atoms with Gasteiger partial charge in [0.25, 0.3) is 0 Å². The fraction of sp³-hybridized carbons (Fsp3) is 1.00. The zero-order valence-electron chi connectivity index (χ0n) is 17.6. The van der Waals surface area contributed by atoms with Gasteiger partial charge in [-0.3, -0.25) is 0 Å². The molecule has 3 saturated heterocycles. The van der Waals surface area contributed by atoms with Gasteiger partial charge in [0.2, 0.25) is 0 Å². The fourth-order valence-electron chi connectivity index (χ4n) is 3.98. The first-order chi connectivity index (χ1) is 15.5. The molecule has 0 aromatic rings. The van der Waals surface area contributed by atoms with Crippen LogP contribution in [0.1, 0.15) is 6.92 Å². The molecule has 10 N–H and O–H groups in total. The normalized spacial score (nSPS) is 53.7. The smallest absolute Gasteiger partial charge is 0.187 e. The van der Waals surface area contributed by atoms with Crippen molar-refractivity contribution in [2.45, 2.75) is 99.0 Å². The lowest BCUT2D eigenvalue weighted by atomic mass is 9.96. The molecule has 3 aliphatic rings. The van der Waals surface area contributed by atoms with Crippen LogP contribution in [-0.4, -0.2) is 156 Å². The van der Waals surface area contributed by atoms with Crippen LogP contribution >= 0.6 is 0 Å². The average molecular weight is 488 g/mol. The highest BCUT2D eigenvalue weighted by Crippen LogP contribution is 2.32. The summed E-state index contributed by atoms with van der Waals surface area (Å²) < 4.78 is 26.9. The molecule has 3 fully saturated rings. The van der Waals surface area contributed by atoms with Gasteiger partial charge in [-0.2, -0.15) is 0 Å². The minimum atomic E-state index is -1.83. The molecule has 0 aromatic carbocycles. The minimum Gasteiger partial charge on any atom is -0.394 e. The Morgan fingerprint density at radius 2 is 1.12 bits per heavy atom. The third-order valence-corrected chi connectivity index (χ3v) is 6.05. The number of aliphatic hydroxyl groups is 10. The molecular formula is C18H32O15. The van der Waals surface area contributed by atoms with E-state index in [9.17, 15) is 51.1 Å². The van der Waals surface area contributed by atoms with Crippen molar-refractivity contribution in [3.63, 3.8) is 0 Å². The lowest BCUT2D eigenvalue weighted by Gasteiger charge is -2.48. The van der Waals surface area contributed by atoms with Crippen molar-refractivity contribution in [3.05, 3.63) is 0 Å². The van der Waals surface area contributed by atoms with Crippen molar-refractivity contribution >= 4 is 0 Å². The second-order valence-electron chi connectivity index (χ2n) is 8.32. The van der Waals surface area contributed by atoms with Gasteiger partial charge in [-0.15, -0.1) is 0 Å². The molecule has 15 atom stereocenters. The van der Waals surface area contributed by atoms with Gasteiger partial charge in [0.05, 0.1) is 19.3 Å². The van der Waals surface area contributed by atoms with Gasteiger partial charge >= 0.3 is 0 Å². The summed E-state index contributed by atoms with van der Waals surface area (Å²) >= 11 is 0. The summed E-state index contributed by atoms with van der Waals surface area (Å²) in [5.41, 5.74) is 0. The van der Waals surface area contributed by atoms with Gasteiger partial charge in [0.15, 0.2) is 18.9 Å². The van der Waals surface area contributed by atoms with E-state index in [-0.39, 0.29) is 0 Å². The quantitative estimate of drug-likeness (QED) is 0.167. The maximum atomic E-state index is 10.6. The summed E-state index contributed by atoms with van der Waals surface area (Å²) in [7, 11) is 0. The molecule has 0 radical (unpaired) electrons. The highest BCUT2D eigenvalue weighted by Gasteiger charge is 2.53. The third-order valence-electron chi connectivity index (χ3n) is 6.05. The van der Waals surface area contributed by atoms with Crippen LogP contribution < -0.4 is 0 Å².